The monoisotopic (exact) mass is 263 g/mol. The summed E-state index contributed by atoms with van der Waals surface area (Å²) in [6, 6.07) is 3.10. The fraction of sp³-hybridized carbons (Fsp3) is 0.571. The van der Waals surface area contributed by atoms with Gasteiger partial charge in [0, 0.05) is 38.5 Å². The van der Waals surface area contributed by atoms with Gasteiger partial charge in [0.1, 0.15) is 0 Å². The van der Waals surface area contributed by atoms with Crippen molar-refractivity contribution in [3.8, 4) is 0 Å². The smallest absolute Gasteiger partial charge is 0.253 e. The van der Waals surface area contributed by atoms with Gasteiger partial charge in [-0.25, -0.2) is 0 Å². The Labute approximate surface area is 113 Å². The van der Waals surface area contributed by atoms with E-state index < -0.39 is 0 Å². The van der Waals surface area contributed by atoms with Gasteiger partial charge in [0.15, 0.2) is 0 Å². The summed E-state index contributed by atoms with van der Waals surface area (Å²) in [5.41, 5.74) is 0.320. The van der Waals surface area contributed by atoms with E-state index in [9.17, 15) is 9.59 Å². The van der Waals surface area contributed by atoms with Gasteiger partial charge in [-0.3, -0.25) is 9.59 Å². The summed E-state index contributed by atoms with van der Waals surface area (Å²) < 4.78 is 1.46. The summed E-state index contributed by atoms with van der Waals surface area (Å²) in [4.78, 5) is 25.5. The Kier molecular flexibility index (Phi) is 4.37. The molecule has 5 nitrogen and oxygen atoms in total. The van der Waals surface area contributed by atoms with Crippen molar-refractivity contribution in [1.82, 2.24) is 14.8 Å². The first-order chi connectivity index (χ1) is 9.08. The molecule has 1 fully saturated rings. The lowest BCUT2D eigenvalue weighted by molar-refractivity contribution is 0.0762. The number of pyridine rings is 1. The Morgan fingerprint density at radius 2 is 2.16 bits per heavy atom. The molecule has 1 aromatic heterocycles. The van der Waals surface area contributed by atoms with E-state index >= 15 is 0 Å². The lowest BCUT2D eigenvalue weighted by Crippen LogP contribution is -2.37. The van der Waals surface area contributed by atoms with Crippen LogP contribution in [0.25, 0.3) is 0 Å². The Morgan fingerprint density at radius 1 is 1.47 bits per heavy atom. The number of nitrogens with zero attached hydrogens (tertiary/aromatic N) is 2. The van der Waals surface area contributed by atoms with Crippen LogP contribution in [0.3, 0.4) is 0 Å². The number of amides is 1. The Morgan fingerprint density at radius 3 is 2.79 bits per heavy atom. The molecular weight excluding hydrogens is 242 g/mol. The van der Waals surface area contributed by atoms with E-state index in [1.54, 1.807) is 24.2 Å². The van der Waals surface area contributed by atoms with Crippen molar-refractivity contribution in [2.45, 2.75) is 12.8 Å². The number of carbonyl (C=O) groups is 1. The topological polar surface area (TPSA) is 54.3 Å². The van der Waals surface area contributed by atoms with E-state index in [1.165, 1.54) is 10.6 Å². The molecule has 2 rings (SSSR count). The first-order valence-corrected chi connectivity index (χ1v) is 6.71. The van der Waals surface area contributed by atoms with Gasteiger partial charge in [0.2, 0.25) is 0 Å². The molecule has 19 heavy (non-hydrogen) atoms. The molecule has 1 aliphatic rings. The average molecular weight is 263 g/mol. The third-order valence-electron chi connectivity index (χ3n) is 3.69. The molecule has 0 radical (unpaired) electrons. The standard InChI is InChI=1S/C14H21N3O2/c1-16-8-5-12(9-13(16)18)14(19)17(2)10-11-3-6-15-7-4-11/h5,8-9,11,15H,3-4,6-7,10H2,1-2H3. The van der Waals surface area contributed by atoms with E-state index in [-0.39, 0.29) is 11.5 Å². The van der Waals surface area contributed by atoms with Gasteiger partial charge in [-0.05, 0) is 37.9 Å². The first-order valence-electron chi connectivity index (χ1n) is 6.71. The van der Waals surface area contributed by atoms with Gasteiger partial charge in [-0.15, -0.1) is 0 Å². The molecule has 0 unspecified atom stereocenters. The van der Waals surface area contributed by atoms with Crippen LogP contribution < -0.4 is 10.9 Å². The van der Waals surface area contributed by atoms with Gasteiger partial charge in [-0.2, -0.15) is 0 Å². The highest BCUT2D eigenvalue weighted by Gasteiger charge is 2.19. The zero-order chi connectivity index (χ0) is 13.8. The second-order valence-corrected chi connectivity index (χ2v) is 5.24. The summed E-state index contributed by atoms with van der Waals surface area (Å²) in [7, 11) is 3.48. The summed E-state index contributed by atoms with van der Waals surface area (Å²) >= 11 is 0. The summed E-state index contributed by atoms with van der Waals surface area (Å²) in [6.07, 6.45) is 3.84. The second-order valence-electron chi connectivity index (χ2n) is 5.24. The molecule has 104 valence electrons. The third-order valence-corrected chi connectivity index (χ3v) is 3.69. The highest BCUT2D eigenvalue weighted by Crippen LogP contribution is 2.13. The normalized spacial score (nSPS) is 16.3. The molecule has 1 aliphatic heterocycles. The molecule has 0 atom stereocenters. The van der Waals surface area contributed by atoms with Crippen LogP contribution in [-0.4, -0.2) is 42.1 Å². The maximum Gasteiger partial charge on any atom is 0.253 e. The van der Waals surface area contributed by atoms with E-state index in [1.807, 2.05) is 7.05 Å². The van der Waals surface area contributed by atoms with Crippen molar-refractivity contribution in [3.63, 3.8) is 0 Å². The highest BCUT2D eigenvalue weighted by molar-refractivity contribution is 5.93. The van der Waals surface area contributed by atoms with Crippen LogP contribution in [0.1, 0.15) is 23.2 Å². The SMILES string of the molecule is CN(CC1CCNCC1)C(=O)c1ccn(C)c(=O)c1. The largest absolute Gasteiger partial charge is 0.341 e. The van der Waals surface area contributed by atoms with Crippen LogP contribution in [-0.2, 0) is 7.05 Å². The van der Waals surface area contributed by atoms with Crippen molar-refractivity contribution in [1.29, 1.82) is 0 Å². The second kappa shape index (κ2) is 6.02. The van der Waals surface area contributed by atoms with E-state index in [0.29, 0.717) is 11.5 Å². The lowest BCUT2D eigenvalue weighted by Gasteiger charge is -2.27. The average Bonchev–Trinajstić information content (AvgIpc) is 2.42. The molecule has 1 amide bonds. The van der Waals surface area contributed by atoms with E-state index in [4.69, 9.17) is 0 Å². The fourth-order valence-corrected chi connectivity index (χ4v) is 2.44. The predicted octanol–water partition coefficient (Wildman–Crippen LogP) is 0.457. The van der Waals surface area contributed by atoms with Crippen molar-refractivity contribution < 1.29 is 4.79 Å². The molecule has 1 aromatic rings. The van der Waals surface area contributed by atoms with E-state index in [0.717, 1.165) is 32.5 Å². The van der Waals surface area contributed by atoms with Gasteiger partial charge in [0.05, 0.1) is 0 Å². The van der Waals surface area contributed by atoms with Gasteiger partial charge in [0.25, 0.3) is 11.5 Å². The van der Waals surface area contributed by atoms with Crippen molar-refractivity contribution in [2.24, 2.45) is 13.0 Å². The summed E-state index contributed by atoms with van der Waals surface area (Å²) in [6.45, 7) is 2.81. The van der Waals surface area contributed by atoms with Crippen LogP contribution in [0.5, 0.6) is 0 Å². The van der Waals surface area contributed by atoms with Crippen molar-refractivity contribution in [3.05, 3.63) is 34.2 Å². The number of aryl methyl sites for hydroxylation is 1. The Bertz CT molecular complexity index is 504. The Hall–Kier alpha value is -1.62. The fourth-order valence-electron chi connectivity index (χ4n) is 2.44. The first kappa shape index (κ1) is 13.8. The summed E-state index contributed by atoms with van der Waals surface area (Å²) in [5, 5.41) is 3.32. The van der Waals surface area contributed by atoms with Crippen molar-refractivity contribution >= 4 is 5.91 Å². The van der Waals surface area contributed by atoms with Gasteiger partial charge >= 0.3 is 0 Å². The number of piperidine rings is 1. The molecule has 0 aromatic carbocycles. The minimum atomic E-state index is -0.152. The number of carbonyl (C=O) groups excluding carboxylic acids is 1. The highest BCUT2D eigenvalue weighted by atomic mass is 16.2. The van der Waals surface area contributed by atoms with Crippen LogP contribution >= 0.6 is 0 Å². The lowest BCUT2D eigenvalue weighted by atomic mass is 9.97. The molecule has 5 heteroatoms. The minimum absolute atomic E-state index is 0.0729. The number of aromatic nitrogens is 1. The maximum atomic E-state index is 12.2. The zero-order valence-electron chi connectivity index (χ0n) is 11.6. The molecule has 2 heterocycles. The van der Waals surface area contributed by atoms with Gasteiger partial charge in [-0.1, -0.05) is 0 Å². The number of rotatable bonds is 3. The minimum Gasteiger partial charge on any atom is -0.341 e. The molecule has 0 saturated carbocycles. The van der Waals surface area contributed by atoms with Crippen molar-refractivity contribution in [2.75, 3.05) is 26.7 Å². The molecular formula is C14H21N3O2. The third kappa shape index (κ3) is 3.44. The number of hydrogen-bond donors (Lipinski definition) is 1. The van der Waals surface area contributed by atoms with Crippen LogP contribution in [0, 0.1) is 5.92 Å². The molecule has 0 spiro atoms. The molecule has 1 N–H and O–H groups in total. The molecule has 1 saturated heterocycles. The summed E-state index contributed by atoms with van der Waals surface area (Å²) in [5.74, 6) is 0.484. The number of hydrogen-bond acceptors (Lipinski definition) is 3. The predicted molar refractivity (Wildman–Crippen MR) is 74.2 cm³/mol. The zero-order valence-corrected chi connectivity index (χ0v) is 11.6. The Balaban J connectivity index is 2.01. The molecule has 0 aliphatic carbocycles. The van der Waals surface area contributed by atoms with E-state index in [2.05, 4.69) is 5.32 Å². The van der Waals surface area contributed by atoms with Crippen LogP contribution in [0.4, 0.5) is 0 Å². The number of nitrogens with one attached hydrogen (secondary N) is 1. The van der Waals surface area contributed by atoms with Crippen LogP contribution in [0.2, 0.25) is 0 Å². The van der Waals surface area contributed by atoms with Gasteiger partial charge < -0.3 is 14.8 Å². The quantitative estimate of drug-likeness (QED) is 0.862. The maximum absolute atomic E-state index is 12.2. The van der Waals surface area contributed by atoms with Crippen LogP contribution in [0.15, 0.2) is 23.1 Å². The molecule has 0 bridgehead atoms.